The van der Waals surface area contributed by atoms with Gasteiger partial charge in [0.05, 0.1) is 30.4 Å². The second kappa shape index (κ2) is 10.9. The summed E-state index contributed by atoms with van der Waals surface area (Å²) in [6.07, 6.45) is 2.13. The van der Waals surface area contributed by atoms with Crippen molar-refractivity contribution in [3.8, 4) is 17.6 Å². The van der Waals surface area contributed by atoms with Crippen LogP contribution < -0.4 is 10.1 Å². The van der Waals surface area contributed by atoms with Gasteiger partial charge in [-0.05, 0) is 57.0 Å². The van der Waals surface area contributed by atoms with E-state index in [4.69, 9.17) is 4.74 Å². The minimum atomic E-state index is -0.511. The van der Waals surface area contributed by atoms with Crippen LogP contribution in [0.4, 0.5) is 0 Å². The fourth-order valence-corrected chi connectivity index (χ4v) is 3.43. The second-order valence-electron chi connectivity index (χ2n) is 8.15. The van der Waals surface area contributed by atoms with Gasteiger partial charge in [-0.1, -0.05) is 30.0 Å². The minimum Gasteiger partial charge on any atom is -0.490 e. The molecule has 32 heavy (non-hydrogen) atoms. The molecule has 0 aliphatic heterocycles. The quantitative estimate of drug-likeness (QED) is 0.409. The van der Waals surface area contributed by atoms with Crippen molar-refractivity contribution in [2.75, 3.05) is 6.61 Å². The Kier molecular flexibility index (Phi) is 7.93. The van der Waals surface area contributed by atoms with Gasteiger partial charge >= 0.3 is 0 Å². The highest BCUT2D eigenvalue weighted by Crippen LogP contribution is 2.23. The number of aromatic nitrogens is 1. The molecule has 0 saturated carbocycles. The van der Waals surface area contributed by atoms with E-state index in [-0.39, 0.29) is 18.6 Å². The van der Waals surface area contributed by atoms with E-state index in [0.717, 1.165) is 16.5 Å². The third-order valence-corrected chi connectivity index (χ3v) is 4.91. The molecule has 1 unspecified atom stereocenters. The highest BCUT2D eigenvalue weighted by Gasteiger charge is 2.19. The van der Waals surface area contributed by atoms with Crippen LogP contribution in [0.1, 0.15) is 48.7 Å². The summed E-state index contributed by atoms with van der Waals surface area (Å²) in [5.41, 5.74) is 3.06. The maximum Gasteiger partial charge on any atom is 0.255 e. The SMILES string of the molecule is CC(C)Oc1ccc(C#CC[C@@H](C)O)cc1C(=O)NC(CO)Cc1c[nH]c2ccccc12. The van der Waals surface area contributed by atoms with E-state index in [9.17, 15) is 15.0 Å². The Morgan fingerprint density at radius 3 is 2.69 bits per heavy atom. The lowest BCUT2D eigenvalue weighted by Gasteiger charge is -2.19. The molecule has 168 valence electrons. The Labute approximate surface area is 188 Å². The molecule has 0 aliphatic rings. The molecule has 0 radical (unpaired) electrons. The molecule has 0 spiro atoms. The van der Waals surface area contributed by atoms with Crippen molar-refractivity contribution >= 4 is 16.8 Å². The topological polar surface area (TPSA) is 94.6 Å². The molecule has 2 atom stereocenters. The van der Waals surface area contributed by atoms with E-state index in [0.29, 0.717) is 29.7 Å². The van der Waals surface area contributed by atoms with Gasteiger partial charge in [-0.15, -0.1) is 0 Å². The third kappa shape index (κ3) is 6.13. The number of H-pyrrole nitrogens is 1. The van der Waals surface area contributed by atoms with Crippen molar-refractivity contribution < 1.29 is 19.7 Å². The zero-order valence-electron chi connectivity index (χ0n) is 18.7. The summed E-state index contributed by atoms with van der Waals surface area (Å²) in [6, 6.07) is 12.7. The van der Waals surface area contributed by atoms with Crippen molar-refractivity contribution in [3.63, 3.8) is 0 Å². The lowest BCUT2D eigenvalue weighted by atomic mass is 10.0. The summed E-state index contributed by atoms with van der Waals surface area (Å²) in [5, 5.41) is 23.3. The zero-order chi connectivity index (χ0) is 23.1. The summed E-state index contributed by atoms with van der Waals surface area (Å²) in [7, 11) is 0. The molecule has 0 aliphatic carbocycles. The normalized spacial score (nSPS) is 12.8. The largest absolute Gasteiger partial charge is 0.490 e. The highest BCUT2D eigenvalue weighted by molar-refractivity contribution is 5.97. The number of aliphatic hydroxyl groups excluding tert-OH is 2. The van der Waals surface area contributed by atoms with Crippen molar-refractivity contribution in [1.29, 1.82) is 0 Å². The molecular weight excluding hydrogens is 404 g/mol. The molecule has 1 aromatic heterocycles. The molecule has 0 bridgehead atoms. The van der Waals surface area contributed by atoms with Crippen molar-refractivity contribution in [2.45, 2.75) is 51.9 Å². The van der Waals surface area contributed by atoms with Gasteiger partial charge in [0.2, 0.25) is 0 Å². The van der Waals surface area contributed by atoms with E-state index in [1.807, 2.05) is 44.3 Å². The van der Waals surface area contributed by atoms with Gasteiger partial charge in [-0.3, -0.25) is 4.79 Å². The first kappa shape index (κ1) is 23.4. The minimum absolute atomic E-state index is 0.103. The number of ether oxygens (including phenoxy) is 1. The summed E-state index contributed by atoms with van der Waals surface area (Å²) in [6.45, 7) is 5.27. The number of rotatable bonds is 8. The van der Waals surface area contributed by atoms with E-state index in [1.54, 1.807) is 25.1 Å². The fraction of sp³-hybridized carbons (Fsp3) is 0.346. The highest BCUT2D eigenvalue weighted by atomic mass is 16.5. The van der Waals surface area contributed by atoms with Crippen LogP contribution in [-0.4, -0.2) is 46.0 Å². The van der Waals surface area contributed by atoms with E-state index < -0.39 is 12.1 Å². The van der Waals surface area contributed by atoms with Crippen LogP contribution in [-0.2, 0) is 6.42 Å². The van der Waals surface area contributed by atoms with E-state index in [1.165, 1.54) is 0 Å². The van der Waals surface area contributed by atoms with Crippen LogP contribution in [0.3, 0.4) is 0 Å². The average Bonchev–Trinajstić information content (AvgIpc) is 3.16. The summed E-state index contributed by atoms with van der Waals surface area (Å²) >= 11 is 0. The smallest absolute Gasteiger partial charge is 0.255 e. The lowest BCUT2D eigenvalue weighted by molar-refractivity contribution is 0.0910. The number of hydrogen-bond donors (Lipinski definition) is 4. The number of carbonyl (C=O) groups excluding carboxylic acids is 1. The Bertz CT molecular complexity index is 1120. The number of fused-ring (bicyclic) bond motifs is 1. The molecule has 6 heteroatoms. The number of nitrogens with one attached hydrogen (secondary N) is 2. The van der Waals surface area contributed by atoms with Gasteiger partial charge in [0.1, 0.15) is 5.75 Å². The van der Waals surface area contributed by atoms with Gasteiger partial charge in [0, 0.05) is 29.1 Å². The number of benzene rings is 2. The van der Waals surface area contributed by atoms with Crippen LogP contribution in [0.15, 0.2) is 48.7 Å². The maximum absolute atomic E-state index is 13.1. The molecule has 0 fully saturated rings. The fourth-order valence-electron chi connectivity index (χ4n) is 3.43. The molecular formula is C26H30N2O4. The molecule has 3 rings (SSSR count). The van der Waals surface area contributed by atoms with Gasteiger partial charge < -0.3 is 25.3 Å². The molecule has 1 amide bonds. The second-order valence-corrected chi connectivity index (χ2v) is 8.15. The van der Waals surface area contributed by atoms with E-state index in [2.05, 4.69) is 22.1 Å². The van der Waals surface area contributed by atoms with Gasteiger partial charge in [0.15, 0.2) is 0 Å². The predicted molar refractivity (Wildman–Crippen MR) is 126 cm³/mol. The van der Waals surface area contributed by atoms with Crippen molar-refractivity contribution in [1.82, 2.24) is 10.3 Å². The summed E-state index contributed by atoms with van der Waals surface area (Å²) in [4.78, 5) is 16.4. The third-order valence-electron chi connectivity index (χ3n) is 4.91. The monoisotopic (exact) mass is 434 g/mol. The molecule has 6 nitrogen and oxygen atoms in total. The van der Waals surface area contributed by atoms with Crippen LogP contribution in [0, 0.1) is 11.8 Å². The van der Waals surface area contributed by atoms with Crippen LogP contribution in [0.5, 0.6) is 5.75 Å². The number of aromatic amines is 1. The predicted octanol–water partition coefficient (Wildman–Crippen LogP) is 3.41. The van der Waals surface area contributed by atoms with Crippen LogP contribution in [0.25, 0.3) is 10.9 Å². The van der Waals surface area contributed by atoms with Gasteiger partial charge in [-0.2, -0.15) is 0 Å². The molecule has 0 saturated heterocycles. The number of amides is 1. The lowest BCUT2D eigenvalue weighted by Crippen LogP contribution is -2.39. The number of para-hydroxylation sites is 1. The first-order chi connectivity index (χ1) is 15.4. The summed E-state index contributed by atoms with van der Waals surface area (Å²) < 4.78 is 5.83. The number of carbonyl (C=O) groups is 1. The van der Waals surface area contributed by atoms with E-state index >= 15 is 0 Å². The number of hydrogen-bond acceptors (Lipinski definition) is 4. The average molecular weight is 435 g/mol. The molecule has 3 aromatic rings. The molecule has 1 heterocycles. The standard InChI is InChI=1S/C26H30N2O4/c1-17(2)32-25-12-11-19(8-6-7-18(3)30)13-23(25)26(31)28-21(16-29)14-20-15-27-24-10-5-4-9-22(20)24/h4-5,9-13,15,17-18,21,27,29-30H,7,14,16H2,1-3H3,(H,28,31)/t18-,21?/m1/s1. The first-order valence-electron chi connectivity index (χ1n) is 10.8. The van der Waals surface area contributed by atoms with Gasteiger partial charge in [0.25, 0.3) is 5.91 Å². The van der Waals surface area contributed by atoms with Crippen molar-refractivity contribution in [2.24, 2.45) is 0 Å². The first-order valence-corrected chi connectivity index (χ1v) is 10.8. The van der Waals surface area contributed by atoms with Crippen LogP contribution in [0.2, 0.25) is 0 Å². The zero-order valence-corrected chi connectivity index (χ0v) is 18.7. The summed E-state index contributed by atoms with van der Waals surface area (Å²) in [5.74, 6) is 6.01. The molecule has 2 aromatic carbocycles. The Morgan fingerprint density at radius 1 is 1.19 bits per heavy atom. The Morgan fingerprint density at radius 2 is 1.97 bits per heavy atom. The number of aliphatic hydroxyl groups is 2. The molecule has 4 N–H and O–H groups in total. The van der Waals surface area contributed by atoms with Gasteiger partial charge in [-0.25, -0.2) is 0 Å². The maximum atomic E-state index is 13.1. The van der Waals surface area contributed by atoms with Crippen LogP contribution >= 0.6 is 0 Å². The Balaban J connectivity index is 1.81. The van der Waals surface area contributed by atoms with Crippen molar-refractivity contribution in [3.05, 3.63) is 65.4 Å². The Hall–Kier alpha value is -3.27.